The SMILES string of the molecule is CNc1cc(NCc2ccc(N3CCOCC3)nc2)ncn1. The molecule has 3 heterocycles. The molecule has 1 fully saturated rings. The number of rotatable bonds is 5. The highest BCUT2D eigenvalue weighted by atomic mass is 16.5. The Morgan fingerprint density at radius 1 is 1.14 bits per heavy atom. The van der Waals surface area contributed by atoms with Crippen molar-refractivity contribution in [1.29, 1.82) is 0 Å². The molecule has 2 aromatic heterocycles. The van der Waals surface area contributed by atoms with E-state index in [1.165, 1.54) is 6.33 Å². The van der Waals surface area contributed by atoms with Crippen LogP contribution in [0.15, 0.2) is 30.7 Å². The summed E-state index contributed by atoms with van der Waals surface area (Å²) in [5.41, 5.74) is 1.11. The van der Waals surface area contributed by atoms with Crippen LogP contribution in [0.2, 0.25) is 0 Å². The Morgan fingerprint density at radius 2 is 1.95 bits per heavy atom. The van der Waals surface area contributed by atoms with Crippen LogP contribution >= 0.6 is 0 Å². The molecule has 0 radical (unpaired) electrons. The average molecular weight is 300 g/mol. The summed E-state index contributed by atoms with van der Waals surface area (Å²) >= 11 is 0. The number of hydrogen-bond donors (Lipinski definition) is 2. The fourth-order valence-corrected chi connectivity index (χ4v) is 2.28. The van der Waals surface area contributed by atoms with E-state index in [-0.39, 0.29) is 0 Å². The quantitative estimate of drug-likeness (QED) is 0.863. The largest absolute Gasteiger partial charge is 0.378 e. The summed E-state index contributed by atoms with van der Waals surface area (Å²) in [5, 5.41) is 6.26. The lowest BCUT2D eigenvalue weighted by molar-refractivity contribution is 0.122. The van der Waals surface area contributed by atoms with Crippen molar-refractivity contribution in [3.05, 3.63) is 36.3 Å². The molecule has 0 spiro atoms. The lowest BCUT2D eigenvalue weighted by Crippen LogP contribution is -2.36. The Labute approximate surface area is 129 Å². The van der Waals surface area contributed by atoms with E-state index in [0.29, 0.717) is 6.54 Å². The molecule has 1 aliphatic heterocycles. The standard InChI is InChI=1S/C15H20N6O/c1-16-13-8-14(20-11-19-13)17-9-12-2-3-15(18-10-12)21-4-6-22-7-5-21/h2-3,8,10-11H,4-7,9H2,1H3,(H2,16,17,19,20). The molecule has 0 saturated carbocycles. The van der Waals surface area contributed by atoms with Crippen LogP contribution in [-0.4, -0.2) is 48.3 Å². The molecular weight excluding hydrogens is 280 g/mol. The number of ether oxygens (including phenoxy) is 1. The van der Waals surface area contributed by atoms with Crippen molar-refractivity contribution in [2.24, 2.45) is 0 Å². The molecule has 2 N–H and O–H groups in total. The zero-order valence-corrected chi connectivity index (χ0v) is 12.6. The lowest BCUT2D eigenvalue weighted by Gasteiger charge is -2.27. The molecule has 1 aliphatic rings. The summed E-state index contributed by atoms with van der Waals surface area (Å²) in [6.45, 7) is 4.02. The van der Waals surface area contributed by atoms with E-state index < -0.39 is 0 Å². The monoisotopic (exact) mass is 300 g/mol. The van der Waals surface area contributed by atoms with Crippen molar-refractivity contribution in [3.8, 4) is 0 Å². The number of anilines is 3. The van der Waals surface area contributed by atoms with Crippen molar-refractivity contribution in [1.82, 2.24) is 15.0 Å². The first kappa shape index (κ1) is 14.5. The van der Waals surface area contributed by atoms with Gasteiger partial charge in [-0.15, -0.1) is 0 Å². The molecule has 0 aromatic carbocycles. The van der Waals surface area contributed by atoms with E-state index in [1.807, 2.05) is 19.3 Å². The maximum Gasteiger partial charge on any atom is 0.131 e. The third kappa shape index (κ3) is 3.62. The molecule has 3 rings (SSSR count). The van der Waals surface area contributed by atoms with Crippen LogP contribution in [-0.2, 0) is 11.3 Å². The van der Waals surface area contributed by atoms with Gasteiger partial charge in [0.25, 0.3) is 0 Å². The maximum absolute atomic E-state index is 5.35. The Balaban J connectivity index is 1.58. The van der Waals surface area contributed by atoms with Gasteiger partial charge in [-0.3, -0.25) is 0 Å². The third-order valence-corrected chi connectivity index (χ3v) is 3.54. The normalized spacial score (nSPS) is 14.7. The predicted octanol–water partition coefficient (Wildman–Crippen LogP) is 1.36. The number of hydrogen-bond acceptors (Lipinski definition) is 7. The number of pyridine rings is 1. The summed E-state index contributed by atoms with van der Waals surface area (Å²) < 4.78 is 5.35. The molecule has 7 nitrogen and oxygen atoms in total. The zero-order valence-electron chi connectivity index (χ0n) is 12.6. The van der Waals surface area contributed by atoms with Gasteiger partial charge in [-0.25, -0.2) is 15.0 Å². The molecule has 1 saturated heterocycles. The van der Waals surface area contributed by atoms with Crippen LogP contribution in [0.5, 0.6) is 0 Å². The highest BCUT2D eigenvalue weighted by Crippen LogP contribution is 2.14. The van der Waals surface area contributed by atoms with Crippen LogP contribution in [0.4, 0.5) is 17.5 Å². The van der Waals surface area contributed by atoms with E-state index in [4.69, 9.17) is 4.74 Å². The Morgan fingerprint density at radius 3 is 2.68 bits per heavy atom. The van der Waals surface area contributed by atoms with Gasteiger partial charge < -0.3 is 20.3 Å². The first-order valence-corrected chi connectivity index (χ1v) is 7.36. The number of morpholine rings is 1. The minimum Gasteiger partial charge on any atom is -0.378 e. The highest BCUT2D eigenvalue weighted by Gasteiger charge is 2.11. The van der Waals surface area contributed by atoms with Gasteiger partial charge in [0.05, 0.1) is 13.2 Å². The highest BCUT2D eigenvalue weighted by molar-refractivity contribution is 5.46. The van der Waals surface area contributed by atoms with Gasteiger partial charge in [0.15, 0.2) is 0 Å². The molecule has 22 heavy (non-hydrogen) atoms. The Hall–Kier alpha value is -2.41. The van der Waals surface area contributed by atoms with E-state index in [2.05, 4.69) is 42.6 Å². The molecule has 0 bridgehead atoms. The number of nitrogens with zero attached hydrogens (tertiary/aromatic N) is 4. The van der Waals surface area contributed by atoms with Crippen molar-refractivity contribution in [2.45, 2.75) is 6.54 Å². The van der Waals surface area contributed by atoms with Crippen LogP contribution in [0.1, 0.15) is 5.56 Å². The van der Waals surface area contributed by atoms with Crippen molar-refractivity contribution in [3.63, 3.8) is 0 Å². The lowest BCUT2D eigenvalue weighted by atomic mass is 10.2. The molecule has 0 unspecified atom stereocenters. The molecule has 2 aromatic rings. The topological polar surface area (TPSA) is 75.2 Å². The molecule has 0 amide bonds. The number of nitrogens with one attached hydrogen (secondary N) is 2. The minimum atomic E-state index is 0.677. The third-order valence-electron chi connectivity index (χ3n) is 3.54. The van der Waals surface area contributed by atoms with Crippen LogP contribution in [0, 0.1) is 0 Å². The van der Waals surface area contributed by atoms with E-state index in [9.17, 15) is 0 Å². The van der Waals surface area contributed by atoms with Gasteiger partial charge in [0.2, 0.25) is 0 Å². The molecule has 116 valence electrons. The summed E-state index contributed by atoms with van der Waals surface area (Å²) in [6, 6.07) is 6.02. The van der Waals surface area contributed by atoms with E-state index in [1.54, 1.807) is 0 Å². The Bertz CT molecular complexity index is 597. The first-order chi connectivity index (χ1) is 10.8. The molecule has 0 atom stereocenters. The van der Waals surface area contributed by atoms with E-state index >= 15 is 0 Å². The van der Waals surface area contributed by atoms with Gasteiger partial charge in [-0.05, 0) is 11.6 Å². The summed E-state index contributed by atoms with van der Waals surface area (Å²) in [6.07, 6.45) is 3.44. The van der Waals surface area contributed by atoms with E-state index in [0.717, 1.165) is 49.3 Å². The summed E-state index contributed by atoms with van der Waals surface area (Å²) in [4.78, 5) is 15.0. The van der Waals surface area contributed by atoms with Crippen LogP contribution in [0.25, 0.3) is 0 Å². The number of aromatic nitrogens is 3. The van der Waals surface area contributed by atoms with Crippen LogP contribution < -0.4 is 15.5 Å². The van der Waals surface area contributed by atoms with Crippen molar-refractivity contribution < 1.29 is 4.74 Å². The first-order valence-electron chi connectivity index (χ1n) is 7.36. The van der Waals surface area contributed by atoms with Gasteiger partial charge in [0.1, 0.15) is 23.8 Å². The molecule has 7 heteroatoms. The van der Waals surface area contributed by atoms with Gasteiger partial charge in [0, 0.05) is 38.9 Å². The van der Waals surface area contributed by atoms with Gasteiger partial charge >= 0.3 is 0 Å². The van der Waals surface area contributed by atoms with Crippen molar-refractivity contribution >= 4 is 17.5 Å². The van der Waals surface area contributed by atoms with Crippen LogP contribution in [0.3, 0.4) is 0 Å². The summed E-state index contributed by atoms with van der Waals surface area (Å²) in [5.74, 6) is 2.58. The smallest absolute Gasteiger partial charge is 0.131 e. The Kier molecular flexibility index (Phi) is 4.65. The fraction of sp³-hybridized carbons (Fsp3) is 0.400. The summed E-state index contributed by atoms with van der Waals surface area (Å²) in [7, 11) is 1.83. The second kappa shape index (κ2) is 7.04. The maximum atomic E-state index is 5.35. The second-order valence-corrected chi connectivity index (χ2v) is 5.02. The molecule has 0 aliphatic carbocycles. The fourth-order valence-electron chi connectivity index (χ4n) is 2.28. The minimum absolute atomic E-state index is 0.677. The van der Waals surface area contributed by atoms with Crippen molar-refractivity contribution in [2.75, 3.05) is 48.9 Å². The van der Waals surface area contributed by atoms with Gasteiger partial charge in [-0.2, -0.15) is 0 Å². The average Bonchev–Trinajstić information content (AvgIpc) is 2.61. The van der Waals surface area contributed by atoms with Gasteiger partial charge in [-0.1, -0.05) is 6.07 Å². The molecular formula is C15H20N6O. The second-order valence-electron chi connectivity index (χ2n) is 5.02. The predicted molar refractivity (Wildman–Crippen MR) is 86.2 cm³/mol. The zero-order chi connectivity index (χ0) is 15.2.